The lowest BCUT2D eigenvalue weighted by Gasteiger charge is -2.52. The van der Waals surface area contributed by atoms with Crippen LogP contribution in [0.4, 0.5) is 4.39 Å². The molecule has 4 heterocycles. The summed E-state index contributed by atoms with van der Waals surface area (Å²) in [7, 11) is 0. The quantitative estimate of drug-likeness (QED) is 0.179. The normalized spacial score (nSPS) is 19.5. The van der Waals surface area contributed by atoms with Crippen molar-refractivity contribution in [3.8, 4) is 22.5 Å². The monoisotopic (exact) mass is 596 g/mol. The van der Waals surface area contributed by atoms with Crippen molar-refractivity contribution in [2.24, 2.45) is 0 Å². The lowest BCUT2D eigenvalue weighted by atomic mass is 9.52. The molecule has 2 aliphatic heterocycles. The van der Waals surface area contributed by atoms with Crippen molar-refractivity contribution in [1.82, 2.24) is 0 Å². The van der Waals surface area contributed by atoms with Crippen LogP contribution < -0.4 is 9.13 Å². The third-order valence-electron chi connectivity index (χ3n) is 12.1. The van der Waals surface area contributed by atoms with Crippen molar-refractivity contribution in [3.05, 3.63) is 118 Å². The van der Waals surface area contributed by atoms with E-state index in [0.717, 1.165) is 36.9 Å². The zero-order valence-corrected chi connectivity index (χ0v) is 27.9. The molecule has 2 nitrogen and oxygen atoms in total. The Balaban J connectivity index is 1.59. The van der Waals surface area contributed by atoms with E-state index < -0.39 is 10.8 Å². The van der Waals surface area contributed by atoms with Crippen LogP contribution in [0.25, 0.3) is 33.3 Å². The molecule has 0 N–H and O–H groups in total. The van der Waals surface area contributed by atoms with E-state index >= 15 is 4.39 Å². The van der Waals surface area contributed by atoms with Crippen LogP contribution in [0, 0.1) is 19.7 Å². The van der Waals surface area contributed by atoms with Gasteiger partial charge in [-0.2, -0.15) is 9.13 Å². The second-order valence-electron chi connectivity index (χ2n) is 14.6. The van der Waals surface area contributed by atoms with Crippen molar-refractivity contribution in [2.45, 2.75) is 103 Å². The Bertz CT molecular complexity index is 2060. The van der Waals surface area contributed by atoms with E-state index in [1.807, 2.05) is 0 Å². The van der Waals surface area contributed by atoms with Gasteiger partial charge in [-0.3, -0.25) is 0 Å². The number of pyridine rings is 2. The lowest BCUT2D eigenvalue weighted by molar-refractivity contribution is -0.786. The number of hydrogen-bond donors (Lipinski definition) is 0. The molecule has 0 bridgehead atoms. The third kappa shape index (κ3) is 3.40. The van der Waals surface area contributed by atoms with Crippen LogP contribution in [-0.4, -0.2) is 0 Å². The molecule has 0 saturated carbocycles. The molecule has 228 valence electrons. The molecule has 3 heteroatoms. The molecule has 45 heavy (non-hydrogen) atoms. The van der Waals surface area contributed by atoms with E-state index in [-0.39, 0.29) is 11.4 Å². The minimum absolute atomic E-state index is 0.0951. The predicted octanol–water partition coefficient (Wildman–Crippen LogP) is 9.32. The molecule has 0 fully saturated rings. The zero-order valence-electron chi connectivity index (χ0n) is 27.9. The number of aromatic nitrogens is 2. The number of hydrogen-bond acceptors (Lipinski definition) is 0. The van der Waals surface area contributed by atoms with Gasteiger partial charge in [0.15, 0.2) is 24.5 Å². The summed E-state index contributed by atoms with van der Waals surface area (Å²) >= 11 is 0. The maximum absolute atomic E-state index is 16.6. The van der Waals surface area contributed by atoms with Crippen molar-refractivity contribution in [3.63, 3.8) is 0 Å². The first-order valence-corrected chi connectivity index (χ1v) is 17.1. The Morgan fingerprint density at radius 3 is 2.29 bits per heavy atom. The fraction of sp³-hybridized carbons (Fsp3) is 0.381. The molecular weight excluding hydrogens is 551 g/mol. The van der Waals surface area contributed by atoms with E-state index in [1.54, 1.807) is 6.07 Å². The Kier molecular flexibility index (Phi) is 6.09. The Hall–Kier alpha value is -3.85. The highest BCUT2D eigenvalue weighted by atomic mass is 19.1. The van der Waals surface area contributed by atoms with E-state index in [0.29, 0.717) is 0 Å². The van der Waals surface area contributed by atoms with Crippen LogP contribution in [0.15, 0.2) is 73.1 Å². The summed E-state index contributed by atoms with van der Waals surface area (Å²) in [6.07, 6.45) is 9.99. The number of benzene rings is 3. The summed E-state index contributed by atoms with van der Waals surface area (Å²) in [5, 5.41) is 2.67. The SMILES string of the molecule is CCCCc1ccc2c3c4[n+](ccc13)C(CC)(CC)C1(C[n+]3ccc(C)cc3-c3cc(C)ccc31)c1ccc(F)c(c1-4)C2(C)C. The summed E-state index contributed by atoms with van der Waals surface area (Å²) in [6.45, 7) is 16.7. The van der Waals surface area contributed by atoms with E-state index in [2.05, 4.69) is 125 Å². The van der Waals surface area contributed by atoms with Gasteiger partial charge in [-0.25, -0.2) is 4.39 Å². The minimum Gasteiger partial charge on any atom is -0.207 e. The molecule has 2 aromatic heterocycles. The Labute approximate surface area is 267 Å². The van der Waals surface area contributed by atoms with Gasteiger partial charge in [0.25, 0.3) is 0 Å². The van der Waals surface area contributed by atoms with Crippen molar-refractivity contribution < 1.29 is 13.5 Å². The maximum atomic E-state index is 16.6. The molecule has 3 aromatic carbocycles. The molecule has 0 radical (unpaired) electrons. The molecule has 1 atom stereocenters. The van der Waals surface area contributed by atoms with Gasteiger partial charge in [-0.1, -0.05) is 76.9 Å². The van der Waals surface area contributed by atoms with Gasteiger partial charge < -0.3 is 0 Å². The zero-order chi connectivity index (χ0) is 31.5. The third-order valence-corrected chi connectivity index (χ3v) is 12.1. The number of nitrogens with zero attached hydrogens (tertiary/aromatic N) is 2. The van der Waals surface area contributed by atoms with E-state index in [4.69, 9.17) is 0 Å². The summed E-state index contributed by atoms with van der Waals surface area (Å²) in [5.74, 6) is -0.0951. The van der Waals surface area contributed by atoms with Crippen LogP contribution in [0.1, 0.15) is 99.2 Å². The van der Waals surface area contributed by atoms with Gasteiger partial charge in [-0.15, -0.1) is 0 Å². The summed E-state index contributed by atoms with van der Waals surface area (Å²) in [6, 6.07) is 22.7. The number of unbranched alkanes of at least 4 members (excludes halogenated alkanes) is 1. The maximum Gasteiger partial charge on any atom is 0.221 e. The first-order valence-electron chi connectivity index (χ1n) is 17.1. The van der Waals surface area contributed by atoms with Gasteiger partial charge in [0.05, 0.1) is 16.5 Å². The van der Waals surface area contributed by atoms with Gasteiger partial charge >= 0.3 is 0 Å². The van der Waals surface area contributed by atoms with Crippen molar-refractivity contribution in [1.29, 1.82) is 0 Å². The first kappa shape index (κ1) is 28.6. The van der Waals surface area contributed by atoms with Crippen molar-refractivity contribution in [2.75, 3.05) is 0 Å². The number of aryl methyl sites for hydroxylation is 3. The van der Waals surface area contributed by atoms with Crippen LogP contribution in [0.2, 0.25) is 0 Å². The Morgan fingerprint density at radius 1 is 0.800 bits per heavy atom. The number of halogens is 1. The molecule has 5 aromatic rings. The molecule has 3 aliphatic rings. The van der Waals surface area contributed by atoms with Crippen LogP contribution in [0.3, 0.4) is 0 Å². The summed E-state index contributed by atoms with van der Waals surface area (Å²) in [5.41, 5.74) is 12.5. The highest BCUT2D eigenvalue weighted by Crippen LogP contribution is 2.61. The number of rotatable bonds is 5. The molecular formula is C42H45FN2+2. The average molecular weight is 597 g/mol. The highest BCUT2D eigenvalue weighted by molar-refractivity contribution is 6.03. The molecule has 1 unspecified atom stereocenters. The number of fused-ring (bicyclic) bond motifs is 5. The average Bonchev–Trinajstić information content (AvgIpc) is 3.03. The molecule has 1 spiro atoms. The van der Waals surface area contributed by atoms with Crippen LogP contribution >= 0.6 is 0 Å². The topological polar surface area (TPSA) is 7.76 Å². The first-order chi connectivity index (χ1) is 21.6. The van der Waals surface area contributed by atoms with Crippen LogP contribution in [0.5, 0.6) is 0 Å². The summed E-state index contributed by atoms with van der Waals surface area (Å²) in [4.78, 5) is 0. The lowest BCUT2D eigenvalue weighted by Crippen LogP contribution is -2.74. The minimum atomic E-state index is -0.476. The second kappa shape index (κ2) is 9.58. The molecule has 1 aliphatic carbocycles. The van der Waals surface area contributed by atoms with Crippen molar-refractivity contribution >= 4 is 10.8 Å². The van der Waals surface area contributed by atoms with Gasteiger partial charge in [-0.05, 0) is 72.0 Å². The molecule has 0 saturated heterocycles. The van der Waals surface area contributed by atoms with Gasteiger partial charge in [0.2, 0.25) is 11.4 Å². The van der Waals surface area contributed by atoms with Crippen LogP contribution in [-0.2, 0) is 29.3 Å². The van der Waals surface area contributed by atoms with Gasteiger partial charge in [0, 0.05) is 42.0 Å². The standard InChI is InChI=1S/C42H45FN2/c1-8-11-12-28-14-16-32-36-29(28)20-22-45-39(36)37-33(17-18-34(43)38(37)40(32,6)7)42(41(45,9-2)10-3)25-44-21-19-27(5)24-35(44)30-23-26(4)13-15-31(30)42/h13-24H,8-12,25H2,1-7H3/q+2. The van der Waals surface area contributed by atoms with Gasteiger partial charge in [0.1, 0.15) is 11.2 Å². The van der Waals surface area contributed by atoms with E-state index in [1.165, 1.54) is 73.9 Å². The van der Waals surface area contributed by atoms with E-state index in [9.17, 15) is 0 Å². The second-order valence-corrected chi connectivity index (χ2v) is 14.6. The fourth-order valence-corrected chi connectivity index (χ4v) is 9.95. The largest absolute Gasteiger partial charge is 0.221 e. The molecule has 8 rings (SSSR count). The Morgan fingerprint density at radius 2 is 1.53 bits per heavy atom. The fourth-order valence-electron chi connectivity index (χ4n) is 9.95. The predicted molar refractivity (Wildman–Crippen MR) is 181 cm³/mol. The summed E-state index contributed by atoms with van der Waals surface area (Å²) < 4.78 is 21.7. The smallest absolute Gasteiger partial charge is 0.207 e. The molecule has 0 amide bonds. The highest BCUT2D eigenvalue weighted by Gasteiger charge is 2.68.